The number of hydrogen-bond donors (Lipinski definition) is 2. The summed E-state index contributed by atoms with van der Waals surface area (Å²) in [6.45, 7) is 0.163. The molecule has 3 heterocycles. The molecule has 0 amide bonds. The van der Waals surface area contributed by atoms with Gasteiger partial charge < -0.3 is 4.98 Å². The number of fused-ring (bicyclic) bond motifs is 1. The van der Waals surface area contributed by atoms with Gasteiger partial charge in [0, 0.05) is 22.9 Å². The summed E-state index contributed by atoms with van der Waals surface area (Å²) in [6.07, 6.45) is -6.45. The molecule has 5 nitrogen and oxygen atoms in total. The molecule has 2 N–H and O–H groups in total. The topological polar surface area (TPSA) is 56.8 Å². The molecule has 0 atom stereocenters. The number of nitrogens with one attached hydrogen (secondary N) is 2. The van der Waals surface area contributed by atoms with Crippen molar-refractivity contribution < 1.29 is 30.7 Å². The van der Waals surface area contributed by atoms with Crippen LogP contribution in [0.3, 0.4) is 0 Å². The number of aromatic amines is 1. The number of benzene rings is 2. The average molecular weight is 519 g/mol. The minimum atomic E-state index is -5.02. The van der Waals surface area contributed by atoms with Gasteiger partial charge in [0.25, 0.3) is 0 Å². The highest BCUT2D eigenvalue weighted by molar-refractivity contribution is 5.75. The van der Waals surface area contributed by atoms with Gasteiger partial charge in [0.05, 0.1) is 34.8 Å². The lowest BCUT2D eigenvalue weighted by Gasteiger charge is -2.24. The molecule has 0 fully saturated rings. The van der Waals surface area contributed by atoms with Crippen molar-refractivity contribution in [2.45, 2.75) is 18.9 Å². The van der Waals surface area contributed by atoms with Crippen LogP contribution in [0, 0.1) is 5.82 Å². The quantitative estimate of drug-likeness (QED) is 0.282. The van der Waals surface area contributed by atoms with E-state index in [9.17, 15) is 30.7 Å². The largest absolute Gasteiger partial charge is 0.417 e. The molecule has 0 spiro atoms. The van der Waals surface area contributed by atoms with Crippen molar-refractivity contribution in [1.82, 2.24) is 20.2 Å². The van der Waals surface area contributed by atoms with Gasteiger partial charge in [0.1, 0.15) is 11.6 Å². The molecule has 2 aromatic heterocycles. The maximum atomic E-state index is 14.1. The van der Waals surface area contributed by atoms with Crippen LogP contribution in [0.25, 0.3) is 28.6 Å². The highest BCUT2D eigenvalue weighted by atomic mass is 19.4. The van der Waals surface area contributed by atoms with Gasteiger partial charge in [-0.25, -0.2) is 4.39 Å². The van der Waals surface area contributed by atoms with Gasteiger partial charge in [-0.2, -0.15) is 36.5 Å². The van der Waals surface area contributed by atoms with Crippen LogP contribution in [0.1, 0.15) is 22.4 Å². The molecule has 37 heavy (non-hydrogen) atoms. The van der Waals surface area contributed by atoms with E-state index in [1.165, 1.54) is 18.2 Å². The van der Waals surface area contributed by atoms with Crippen LogP contribution in [0.15, 0.2) is 66.9 Å². The zero-order valence-corrected chi connectivity index (χ0v) is 18.6. The number of nitrogens with zero attached hydrogens (tertiary/aromatic N) is 3. The Morgan fingerprint density at radius 1 is 0.811 bits per heavy atom. The molecular formula is C25H16F7N5. The molecule has 1 aliphatic rings. The molecule has 190 valence electrons. The van der Waals surface area contributed by atoms with E-state index in [2.05, 4.69) is 20.6 Å². The van der Waals surface area contributed by atoms with E-state index in [0.29, 0.717) is 28.8 Å². The second-order valence-corrected chi connectivity index (χ2v) is 8.21. The molecule has 2 aromatic carbocycles. The number of halogens is 7. The van der Waals surface area contributed by atoms with Crippen LogP contribution in [0.5, 0.6) is 0 Å². The first-order valence-corrected chi connectivity index (χ1v) is 10.8. The first kappa shape index (κ1) is 24.3. The monoisotopic (exact) mass is 519 g/mol. The van der Waals surface area contributed by atoms with E-state index in [1.807, 2.05) is 0 Å². The fraction of sp³-hybridized carbons (Fsp3) is 0.120. The normalized spacial score (nSPS) is 13.4. The summed E-state index contributed by atoms with van der Waals surface area (Å²) >= 11 is 0. The summed E-state index contributed by atoms with van der Waals surface area (Å²) in [5.74, 6) is 0.226. The predicted molar refractivity (Wildman–Crippen MR) is 122 cm³/mol. The molecule has 0 aliphatic carbocycles. The van der Waals surface area contributed by atoms with E-state index >= 15 is 0 Å². The van der Waals surface area contributed by atoms with Gasteiger partial charge >= 0.3 is 12.4 Å². The summed E-state index contributed by atoms with van der Waals surface area (Å²) in [5, 5.41) is 9.40. The summed E-state index contributed by atoms with van der Waals surface area (Å²) in [5.41, 5.74) is 1.67. The first-order chi connectivity index (χ1) is 17.5. The molecule has 0 saturated carbocycles. The van der Waals surface area contributed by atoms with Crippen molar-refractivity contribution in [3.8, 4) is 22.5 Å². The maximum Gasteiger partial charge on any atom is 0.417 e. The van der Waals surface area contributed by atoms with E-state index in [-0.39, 0.29) is 24.1 Å². The Balaban J connectivity index is 1.34. The van der Waals surface area contributed by atoms with Gasteiger partial charge in [0.2, 0.25) is 0 Å². The minimum Gasteiger partial charge on any atom is -0.340 e. The van der Waals surface area contributed by atoms with Crippen LogP contribution >= 0.6 is 0 Å². The van der Waals surface area contributed by atoms with Gasteiger partial charge in [-0.05, 0) is 48.5 Å². The number of hydrazine groups is 1. The van der Waals surface area contributed by atoms with Gasteiger partial charge in [-0.3, -0.25) is 10.4 Å². The van der Waals surface area contributed by atoms with Crippen molar-refractivity contribution in [2.75, 3.05) is 5.43 Å². The number of rotatable bonds is 4. The Hall–Kier alpha value is -4.35. The Kier molecular flexibility index (Phi) is 5.89. The second kappa shape index (κ2) is 8.95. The maximum absolute atomic E-state index is 14.1. The Labute approximate surface area is 205 Å². The molecule has 5 rings (SSSR count). The molecule has 0 bridgehead atoms. The third-order valence-corrected chi connectivity index (χ3v) is 5.68. The highest BCUT2D eigenvalue weighted by Crippen LogP contribution is 2.40. The van der Waals surface area contributed by atoms with Crippen LogP contribution < -0.4 is 5.43 Å². The van der Waals surface area contributed by atoms with E-state index in [1.54, 1.807) is 41.6 Å². The molecule has 0 radical (unpaired) electrons. The lowest BCUT2D eigenvalue weighted by Crippen LogP contribution is -2.26. The third-order valence-electron chi connectivity index (χ3n) is 5.68. The van der Waals surface area contributed by atoms with Gasteiger partial charge in [0.15, 0.2) is 0 Å². The van der Waals surface area contributed by atoms with E-state index in [4.69, 9.17) is 0 Å². The van der Waals surface area contributed by atoms with Crippen molar-refractivity contribution in [2.24, 2.45) is 0 Å². The van der Waals surface area contributed by atoms with Gasteiger partial charge in [-0.1, -0.05) is 18.2 Å². The predicted octanol–water partition coefficient (Wildman–Crippen LogP) is 7.13. The van der Waals surface area contributed by atoms with Crippen molar-refractivity contribution in [3.05, 3.63) is 95.1 Å². The van der Waals surface area contributed by atoms with Crippen molar-refractivity contribution in [1.29, 1.82) is 0 Å². The number of hydrogen-bond acceptors (Lipinski definition) is 4. The SMILES string of the molecule is Fc1ccccc1-c1cc2c([nH]1)NN(Cc1ccc(-c3ccc(C(F)(F)F)cc3C(F)(F)F)nn1)C=C2. The molecule has 12 heteroatoms. The van der Waals surface area contributed by atoms with Crippen molar-refractivity contribution >= 4 is 11.9 Å². The van der Waals surface area contributed by atoms with Crippen LogP contribution in [-0.2, 0) is 18.9 Å². The number of H-pyrrole nitrogens is 1. The summed E-state index contributed by atoms with van der Waals surface area (Å²) in [6, 6.07) is 12.2. The molecule has 1 aliphatic heterocycles. The lowest BCUT2D eigenvalue weighted by molar-refractivity contribution is -0.142. The van der Waals surface area contributed by atoms with E-state index in [0.717, 1.165) is 11.6 Å². The Morgan fingerprint density at radius 2 is 1.59 bits per heavy atom. The molecule has 4 aromatic rings. The summed E-state index contributed by atoms with van der Waals surface area (Å²) < 4.78 is 93.4. The van der Waals surface area contributed by atoms with Crippen LogP contribution in [0.4, 0.5) is 36.6 Å². The Morgan fingerprint density at radius 3 is 2.27 bits per heavy atom. The zero-order valence-electron chi connectivity index (χ0n) is 18.6. The summed E-state index contributed by atoms with van der Waals surface area (Å²) in [7, 11) is 0. The average Bonchev–Trinajstić information content (AvgIpc) is 3.26. The van der Waals surface area contributed by atoms with Crippen LogP contribution in [0.2, 0.25) is 0 Å². The molecule has 0 unspecified atom stereocenters. The fourth-order valence-electron chi connectivity index (χ4n) is 3.90. The van der Waals surface area contributed by atoms with Crippen LogP contribution in [-0.4, -0.2) is 20.2 Å². The lowest BCUT2D eigenvalue weighted by atomic mass is 10.00. The molecular weight excluding hydrogens is 503 g/mol. The molecule has 0 saturated heterocycles. The minimum absolute atomic E-state index is 0.0664. The fourth-order valence-corrected chi connectivity index (χ4v) is 3.90. The number of alkyl halides is 6. The Bertz CT molecular complexity index is 1470. The number of anilines is 1. The van der Waals surface area contributed by atoms with Crippen molar-refractivity contribution in [3.63, 3.8) is 0 Å². The van der Waals surface area contributed by atoms with E-state index < -0.39 is 29.0 Å². The smallest absolute Gasteiger partial charge is 0.340 e. The second-order valence-electron chi connectivity index (χ2n) is 8.21. The standard InChI is InChI=1S/C25H16F7N5/c26-20-4-2-1-3-18(20)22-11-14-9-10-37(36-23(14)33-22)13-16-6-8-21(35-34-16)17-7-5-15(24(27,28)29)12-19(17)25(30,31)32/h1-12,33,36H,13H2. The highest BCUT2D eigenvalue weighted by Gasteiger charge is 2.38. The first-order valence-electron chi connectivity index (χ1n) is 10.8. The van der Waals surface area contributed by atoms with Gasteiger partial charge in [-0.15, -0.1) is 0 Å². The zero-order chi connectivity index (χ0) is 26.4. The number of aromatic nitrogens is 3. The summed E-state index contributed by atoms with van der Waals surface area (Å²) in [4.78, 5) is 3.11. The third kappa shape index (κ3) is 4.99.